The van der Waals surface area contributed by atoms with Crippen molar-refractivity contribution in [2.75, 3.05) is 27.3 Å². The number of ether oxygens (including phenoxy) is 1. The van der Waals surface area contributed by atoms with Crippen LogP contribution in [0, 0.1) is 0 Å². The van der Waals surface area contributed by atoms with Crippen LogP contribution >= 0.6 is 15.9 Å². The normalized spacial score (nSPS) is 10.8. The second-order valence-electron chi connectivity index (χ2n) is 3.58. The van der Waals surface area contributed by atoms with Gasteiger partial charge >= 0.3 is 0 Å². The summed E-state index contributed by atoms with van der Waals surface area (Å²) in [5.41, 5.74) is 0.766. The molecule has 1 aromatic carbocycles. The minimum Gasteiger partial charge on any atom is -0.504 e. The number of likely N-dealkylation sites (N-methyl/N-ethyl adjacent to an activating group) is 1. The largest absolute Gasteiger partial charge is 0.504 e. The quantitative estimate of drug-likeness (QED) is 0.864. The van der Waals surface area contributed by atoms with Gasteiger partial charge in [0.2, 0.25) is 0 Å². The van der Waals surface area contributed by atoms with E-state index in [1.54, 1.807) is 6.07 Å². The van der Waals surface area contributed by atoms with E-state index in [-0.39, 0.29) is 12.4 Å². The molecule has 0 atom stereocenters. The number of nitrogens with zero attached hydrogens (tertiary/aromatic N) is 1. The summed E-state index contributed by atoms with van der Waals surface area (Å²) in [6.45, 7) is 1.22. The zero-order valence-corrected chi connectivity index (χ0v) is 11.0. The van der Waals surface area contributed by atoms with Gasteiger partial charge in [-0.25, -0.2) is 0 Å². The van der Waals surface area contributed by atoms with E-state index < -0.39 is 0 Å². The number of phenolic OH excluding ortho intramolecular Hbond substituents is 1. The van der Waals surface area contributed by atoms with E-state index in [0.29, 0.717) is 18.8 Å². The maximum Gasteiger partial charge on any atom is 0.162 e. The number of hydrogen-bond donors (Lipinski definition) is 2. The summed E-state index contributed by atoms with van der Waals surface area (Å²) in [5.74, 6) is 0.595. The van der Waals surface area contributed by atoms with Gasteiger partial charge in [0.15, 0.2) is 11.5 Å². The predicted molar refractivity (Wildman–Crippen MR) is 65.8 cm³/mol. The molecule has 0 amide bonds. The lowest BCUT2D eigenvalue weighted by molar-refractivity contribution is 0.215. The maximum atomic E-state index is 9.90. The fraction of sp³-hybridized carbons (Fsp3) is 0.455. The molecule has 0 saturated carbocycles. The monoisotopic (exact) mass is 289 g/mol. The Morgan fingerprint density at radius 1 is 1.44 bits per heavy atom. The highest BCUT2D eigenvalue weighted by atomic mass is 79.9. The molecular weight excluding hydrogens is 274 g/mol. The van der Waals surface area contributed by atoms with Crippen LogP contribution in [0.2, 0.25) is 0 Å². The molecule has 0 aliphatic rings. The number of aliphatic hydroxyl groups is 1. The minimum atomic E-state index is 0.0996. The van der Waals surface area contributed by atoms with Crippen molar-refractivity contribution in [2.24, 2.45) is 0 Å². The van der Waals surface area contributed by atoms with Crippen molar-refractivity contribution in [1.29, 1.82) is 0 Å². The summed E-state index contributed by atoms with van der Waals surface area (Å²) >= 11 is 3.36. The van der Waals surface area contributed by atoms with Gasteiger partial charge in [0, 0.05) is 23.1 Å². The molecule has 2 N–H and O–H groups in total. The first-order valence-corrected chi connectivity index (χ1v) is 5.72. The molecule has 16 heavy (non-hydrogen) atoms. The van der Waals surface area contributed by atoms with Crippen LogP contribution in [-0.2, 0) is 6.54 Å². The van der Waals surface area contributed by atoms with Crippen molar-refractivity contribution in [3.8, 4) is 11.5 Å². The van der Waals surface area contributed by atoms with Gasteiger partial charge in [-0.15, -0.1) is 0 Å². The molecule has 0 aromatic heterocycles. The van der Waals surface area contributed by atoms with Gasteiger partial charge in [0.05, 0.1) is 13.7 Å². The molecule has 1 aromatic rings. The lowest BCUT2D eigenvalue weighted by Gasteiger charge is -2.17. The maximum absolute atomic E-state index is 9.90. The zero-order valence-electron chi connectivity index (χ0n) is 9.40. The molecule has 0 saturated heterocycles. The highest BCUT2D eigenvalue weighted by molar-refractivity contribution is 9.10. The summed E-state index contributed by atoms with van der Waals surface area (Å²) < 4.78 is 5.92. The molecule has 90 valence electrons. The lowest BCUT2D eigenvalue weighted by atomic mass is 10.1. The number of hydrogen-bond acceptors (Lipinski definition) is 4. The van der Waals surface area contributed by atoms with E-state index in [2.05, 4.69) is 15.9 Å². The standard InChI is InChI=1S/C11H16BrNO3/c1-13(3-4-14)7-8-5-9(12)6-10(16-2)11(8)15/h5-6,14-15H,3-4,7H2,1-2H3. The van der Waals surface area contributed by atoms with Crippen LogP contribution in [0.1, 0.15) is 5.56 Å². The molecule has 0 aliphatic heterocycles. The smallest absolute Gasteiger partial charge is 0.162 e. The lowest BCUT2D eigenvalue weighted by Crippen LogP contribution is -2.21. The van der Waals surface area contributed by atoms with Gasteiger partial charge in [-0.05, 0) is 19.2 Å². The number of rotatable bonds is 5. The van der Waals surface area contributed by atoms with Crippen LogP contribution in [0.15, 0.2) is 16.6 Å². The van der Waals surface area contributed by atoms with E-state index >= 15 is 0 Å². The fourth-order valence-electron chi connectivity index (χ4n) is 1.45. The molecule has 4 nitrogen and oxygen atoms in total. The first-order valence-electron chi connectivity index (χ1n) is 4.93. The molecule has 0 radical (unpaired) electrons. The molecule has 0 fully saturated rings. The summed E-state index contributed by atoms with van der Waals surface area (Å²) in [6.07, 6.45) is 0. The van der Waals surface area contributed by atoms with Gasteiger partial charge in [-0.2, -0.15) is 0 Å². The number of aliphatic hydroxyl groups excluding tert-OH is 1. The molecule has 0 bridgehead atoms. The van der Waals surface area contributed by atoms with Crippen molar-refractivity contribution in [2.45, 2.75) is 6.54 Å². The van der Waals surface area contributed by atoms with Crippen LogP contribution in [0.5, 0.6) is 11.5 Å². The first kappa shape index (κ1) is 13.3. The van der Waals surface area contributed by atoms with E-state index in [1.807, 2.05) is 18.0 Å². The highest BCUT2D eigenvalue weighted by Gasteiger charge is 2.11. The van der Waals surface area contributed by atoms with Crippen molar-refractivity contribution >= 4 is 15.9 Å². The van der Waals surface area contributed by atoms with Gasteiger partial charge in [0.1, 0.15) is 0 Å². The first-order chi connectivity index (χ1) is 7.58. The van der Waals surface area contributed by atoms with Crippen LogP contribution in [0.3, 0.4) is 0 Å². The van der Waals surface area contributed by atoms with Crippen molar-refractivity contribution < 1.29 is 14.9 Å². The number of benzene rings is 1. The van der Waals surface area contributed by atoms with Gasteiger partial charge in [-0.3, -0.25) is 4.90 Å². The number of methoxy groups -OCH3 is 1. The Kier molecular flexibility index (Phi) is 5.05. The highest BCUT2D eigenvalue weighted by Crippen LogP contribution is 2.34. The Labute approximate surface area is 104 Å². The van der Waals surface area contributed by atoms with Gasteiger partial charge in [-0.1, -0.05) is 15.9 Å². The molecule has 1 rings (SSSR count). The SMILES string of the molecule is COc1cc(Br)cc(CN(C)CCO)c1O. The second-order valence-corrected chi connectivity index (χ2v) is 4.49. The van der Waals surface area contributed by atoms with Crippen LogP contribution in [-0.4, -0.2) is 42.4 Å². The molecular formula is C11H16BrNO3. The Balaban J connectivity index is 2.90. The average Bonchev–Trinajstić information content (AvgIpc) is 2.23. The topological polar surface area (TPSA) is 52.9 Å². The third-order valence-electron chi connectivity index (χ3n) is 2.26. The molecule has 5 heteroatoms. The third-order valence-corrected chi connectivity index (χ3v) is 2.72. The zero-order chi connectivity index (χ0) is 12.1. The predicted octanol–water partition coefficient (Wildman–Crippen LogP) is 1.59. The van der Waals surface area contributed by atoms with Gasteiger partial charge < -0.3 is 14.9 Å². The summed E-state index contributed by atoms with van der Waals surface area (Å²) in [7, 11) is 3.39. The number of aromatic hydroxyl groups is 1. The van der Waals surface area contributed by atoms with E-state index in [0.717, 1.165) is 10.0 Å². The Hall–Kier alpha value is -0.780. The number of halogens is 1. The molecule has 0 spiro atoms. The van der Waals surface area contributed by atoms with Crippen molar-refractivity contribution in [3.05, 3.63) is 22.2 Å². The van der Waals surface area contributed by atoms with Gasteiger partial charge in [0.25, 0.3) is 0 Å². The van der Waals surface area contributed by atoms with E-state index in [4.69, 9.17) is 9.84 Å². The van der Waals surface area contributed by atoms with Crippen molar-refractivity contribution in [3.63, 3.8) is 0 Å². The summed E-state index contributed by atoms with van der Waals surface area (Å²) in [4.78, 5) is 1.92. The Morgan fingerprint density at radius 3 is 2.69 bits per heavy atom. The minimum absolute atomic E-state index is 0.0996. The van der Waals surface area contributed by atoms with Crippen molar-refractivity contribution in [1.82, 2.24) is 4.90 Å². The third kappa shape index (κ3) is 3.37. The van der Waals surface area contributed by atoms with Crippen LogP contribution < -0.4 is 4.74 Å². The number of phenols is 1. The Bertz CT molecular complexity index is 357. The van der Waals surface area contributed by atoms with Crippen LogP contribution in [0.4, 0.5) is 0 Å². The summed E-state index contributed by atoms with van der Waals surface area (Å²) in [5, 5.41) is 18.7. The van der Waals surface area contributed by atoms with E-state index in [9.17, 15) is 5.11 Å². The average molecular weight is 290 g/mol. The fourth-order valence-corrected chi connectivity index (χ4v) is 1.93. The second kappa shape index (κ2) is 6.08. The Morgan fingerprint density at radius 2 is 2.12 bits per heavy atom. The van der Waals surface area contributed by atoms with E-state index in [1.165, 1.54) is 7.11 Å². The summed E-state index contributed by atoms with van der Waals surface area (Å²) in [6, 6.07) is 3.55. The molecule has 0 unspecified atom stereocenters. The van der Waals surface area contributed by atoms with Crippen LogP contribution in [0.25, 0.3) is 0 Å². The molecule has 0 heterocycles. The molecule has 0 aliphatic carbocycles.